The van der Waals surface area contributed by atoms with Gasteiger partial charge in [0.1, 0.15) is 11.8 Å². The molecular weight excluding hydrogens is 398 g/mol. The second-order valence-electron chi connectivity index (χ2n) is 7.75. The number of thiazole rings is 1. The van der Waals surface area contributed by atoms with E-state index in [2.05, 4.69) is 16.0 Å². The molecule has 7 heteroatoms. The first-order valence-corrected chi connectivity index (χ1v) is 10.9. The number of methoxy groups -OCH3 is 1. The summed E-state index contributed by atoms with van der Waals surface area (Å²) in [6.45, 7) is 1.45. The number of aliphatic carboxylic acids is 1. The van der Waals surface area contributed by atoms with Crippen molar-refractivity contribution in [3.05, 3.63) is 59.2 Å². The van der Waals surface area contributed by atoms with E-state index in [9.17, 15) is 9.90 Å². The number of carboxylic acids is 1. The molecule has 0 amide bonds. The lowest BCUT2D eigenvalue weighted by molar-refractivity contribution is -0.144. The molecule has 4 aromatic rings. The number of nitrogens with one attached hydrogen (secondary N) is 1. The van der Waals surface area contributed by atoms with Crippen LogP contribution >= 0.6 is 11.3 Å². The summed E-state index contributed by atoms with van der Waals surface area (Å²) in [5.74, 6) is 0.139. The van der Waals surface area contributed by atoms with E-state index in [1.807, 2.05) is 42.6 Å². The first kappa shape index (κ1) is 19.1. The number of para-hydroxylation sites is 1. The van der Waals surface area contributed by atoms with E-state index in [-0.39, 0.29) is 5.92 Å². The SMILES string of the molecule is COc1ccc2[nH]cc([C@@H](C(=O)O)N3CCC[C@@H](c4nc5ccccc5s4)C3)c2c1. The monoisotopic (exact) mass is 421 g/mol. The van der Waals surface area contributed by atoms with Crippen molar-refractivity contribution < 1.29 is 14.6 Å². The number of likely N-dealkylation sites (tertiary alicyclic amines) is 1. The molecule has 5 rings (SSSR count). The first-order chi connectivity index (χ1) is 14.6. The van der Waals surface area contributed by atoms with Gasteiger partial charge in [0.2, 0.25) is 0 Å². The number of piperidine rings is 1. The molecule has 154 valence electrons. The Morgan fingerprint density at radius 1 is 1.33 bits per heavy atom. The number of hydrogen-bond donors (Lipinski definition) is 2. The van der Waals surface area contributed by atoms with Crippen LogP contribution in [0, 0.1) is 0 Å². The van der Waals surface area contributed by atoms with E-state index in [0.717, 1.165) is 52.1 Å². The number of rotatable bonds is 5. The van der Waals surface area contributed by atoms with Gasteiger partial charge in [-0.1, -0.05) is 12.1 Å². The summed E-state index contributed by atoms with van der Waals surface area (Å²) in [5.41, 5.74) is 2.71. The molecule has 1 fully saturated rings. The predicted octanol–water partition coefficient (Wildman–Crippen LogP) is 4.79. The molecule has 6 nitrogen and oxygen atoms in total. The topological polar surface area (TPSA) is 78.5 Å². The summed E-state index contributed by atoms with van der Waals surface area (Å²) < 4.78 is 6.54. The van der Waals surface area contributed by atoms with Crippen LogP contribution in [-0.2, 0) is 4.79 Å². The van der Waals surface area contributed by atoms with Crippen LogP contribution in [0.25, 0.3) is 21.1 Å². The molecule has 0 aliphatic carbocycles. The quantitative estimate of drug-likeness (QED) is 0.484. The Balaban J connectivity index is 1.48. The Hall–Kier alpha value is -2.90. The third-order valence-corrected chi connectivity index (χ3v) is 7.13. The maximum atomic E-state index is 12.4. The fourth-order valence-electron chi connectivity index (χ4n) is 4.47. The van der Waals surface area contributed by atoms with Crippen molar-refractivity contribution in [1.82, 2.24) is 14.9 Å². The number of aromatic amines is 1. The minimum absolute atomic E-state index is 0.248. The first-order valence-electron chi connectivity index (χ1n) is 10.1. The number of hydrogen-bond acceptors (Lipinski definition) is 5. The summed E-state index contributed by atoms with van der Waals surface area (Å²) in [6.07, 6.45) is 3.81. The number of fused-ring (bicyclic) bond motifs is 2. The van der Waals surface area contributed by atoms with Gasteiger partial charge < -0.3 is 14.8 Å². The van der Waals surface area contributed by atoms with E-state index in [0.29, 0.717) is 6.54 Å². The van der Waals surface area contributed by atoms with E-state index < -0.39 is 12.0 Å². The number of aromatic nitrogens is 2. The molecular formula is C23H23N3O3S. The van der Waals surface area contributed by atoms with Crippen molar-refractivity contribution in [2.75, 3.05) is 20.2 Å². The van der Waals surface area contributed by atoms with E-state index in [1.165, 1.54) is 4.70 Å². The summed E-state index contributed by atoms with van der Waals surface area (Å²) >= 11 is 1.72. The highest BCUT2D eigenvalue weighted by Gasteiger charge is 2.34. The smallest absolute Gasteiger partial charge is 0.325 e. The fraction of sp³-hybridized carbons (Fsp3) is 0.304. The van der Waals surface area contributed by atoms with Crippen LogP contribution in [0.1, 0.15) is 35.4 Å². The molecule has 1 saturated heterocycles. The Bertz CT molecular complexity index is 1180. The van der Waals surface area contributed by atoms with Gasteiger partial charge in [0.05, 0.1) is 22.3 Å². The van der Waals surface area contributed by atoms with Crippen LogP contribution in [0.15, 0.2) is 48.7 Å². The molecule has 1 aliphatic heterocycles. The maximum Gasteiger partial charge on any atom is 0.325 e. The predicted molar refractivity (Wildman–Crippen MR) is 118 cm³/mol. The van der Waals surface area contributed by atoms with Crippen molar-refractivity contribution in [2.45, 2.75) is 24.8 Å². The number of benzene rings is 2. The molecule has 2 aromatic carbocycles. The number of carbonyl (C=O) groups is 1. The van der Waals surface area contributed by atoms with Crippen LogP contribution < -0.4 is 4.74 Å². The lowest BCUT2D eigenvalue weighted by atomic mass is 9.95. The van der Waals surface area contributed by atoms with E-state index in [1.54, 1.807) is 18.4 Å². The summed E-state index contributed by atoms with van der Waals surface area (Å²) in [4.78, 5) is 22.5. The van der Waals surface area contributed by atoms with Gasteiger partial charge in [0.25, 0.3) is 0 Å². The molecule has 0 radical (unpaired) electrons. The van der Waals surface area contributed by atoms with Crippen LogP contribution in [-0.4, -0.2) is 46.1 Å². The molecule has 2 atom stereocenters. The third kappa shape index (κ3) is 3.34. The lowest BCUT2D eigenvalue weighted by Gasteiger charge is -2.35. The largest absolute Gasteiger partial charge is 0.497 e. The van der Waals surface area contributed by atoms with Gasteiger partial charge in [0, 0.05) is 35.1 Å². The molecule has 0 unspecified atom stereocenters. The van der Waals surface area contributed by atoms with Crippen molar-refractivity contribution in [3.63, 3.8) is 0 Å². The summed E-state index contributed by atoms with van der Waals surface area (Å²) in [7, 11) is 1.62. The van der Waals surface area contributed by atoms with Gasteiger partial charge in [-0.25, -0.2) is 4.98 Å². The second kappa shape index (κ2) is 7.74. The van der Waals surface area contributed by atoms with Crippen LogP contribution in [0.4, 0.5) is 0 Å². The van der Waals surface area contributed by atoms with Gasteiger partial charge >= 0.3 is 5.97 Å². The molecule has 0 bridgehead atoms. The highest BCUT2D eigenvalue weighted by Crippen LogP contribution is 2.38. The van der Waals surface area contributed by atoms with E-state index >= 15 is 0 Å². The average Bonchev–Trinajstić information content (AvgIpc) is 3.38. The number of ether oxygens (including phenoxy) is 1. The van der Waals surface area contributed by atoms with Crippen molar-refractivity contribution >= 4 is 38.4 Å². The zero-order valence-electron chi connectivity index (χ0n) is 16.7. The molecule has 2 aromatic heterocycles. The molecule has 2 N–H and O–H groups in total. The van der Waals surface area contributed by atoms with Gasteiger partial charge in [-0.2, -0.15) is 0 Å². The van der Waals surface area contributed by atoms with Crippen LogP contribution in [0.3, 0.4) is 0 Å². The lowest BCUT2D eigenvalue weighted by Crippen LogP contribution is -2.40. The fourth-order valence-corrected chi connectivity index (χ4v) is 5.56. The van der Waals surface area contributed by atoms with Crippen molar-refractivity contribution in [3.8, 4) is 5.75 Å². The standard InChI is InChI=1S/C23H23N3O3S/c1-29-15-8-9-18-16(11-15)17(12-24-18)21(23(27)28)26-10-4-5-14(13-26)22-25-19-6-2-3-7-20(19)30-22/h2-3,6-9,11-12,14,21,24H,4-5,10,13H2,1H3,(H,27,28)/t14-,21+/m1/s1. The van der Waals surface area contributed by atoms with Gasteiger partial charge in [-0.3, -0.25) is 9.69 Å². The van der Waals surface area contributed by atoms with Crippen LogP contribution in [0.2, 0.25) is 0 Å². The second-order valence-corrected chi connectivity index (χ2v) is 8.81. The number of nitrogens with zero attached hydrogens (tertiary/aromatic N) is 2. The minimum Gasteiger partial charge on any atom is -0.497 e. The zero-order chi connectivity index (χ0) is 20.7. The van der Waals surface area contributed by atoms with Gasteiger partial charge in [0.15, 0.2) is 0 Å². The Morgan fingerprint density at radius 2 is 2.20 bits per heavy atom. The number of carboxylic acid groups (broad SMARTS) is 1. The highest BCUT2D eigenvalue weighted by molar-refractivity contribution is 7.18. The molecule has 1 aliphatic rings. The Morgan fingerprint density at radius 3 is 3.00 bits per heavy atom. The Kier molecular flexibility index (Phi) is 4.92. The Labute approximate surface area is 178 Å². The number of H-pyrrole nitrogens is 1. The van der Waals surface area contributed by atoms with Gasteiger partial charge in [-0.05, 0) is 49.7 Å². The maximum absolute atomic E-state index is 12.4. The van der Waals surface area contributed by atoms with Crippen molar-refractivity contribution in [2.24, 2.45) is 0 Å². The normalized spacial score (nSPS) is 18.6. The third-order valence-electron chi connectivity index (χ3n) is 5.93. The van der Waals surface area contributed by atoms with Gasteiger partial charge in [-0.15, -0.1) is 11.3 Å². The molecule has 3 heterocycles. The summed E-state index contributed by atoms with van der Waals surface area (Å²) in [5, 5.41) is 12.1. The average molecular weight is 422 g/mol. The highest BCUT2D eigenvalue weighted by atomic mass is 32.1. The minimum atomic E-state index is -0.830. The molecule has 0 saturated carbocycles. The zero-order valence-corrected chi connectivity index (χ0v) is 17.5. The summed E-state index contributed by atoms with van der Waals surface area (Å²) in [6, 6.07) is 13.2. The molecule has 30 heavy (non-hydrogen) atoms. The van der Waals surface area contributed by atoms with Crippen LogP contribution in [0.5, 0.6) is 5.75 Å². The van der Waals surface area contributed by atoms with Crippen molar-refractivity contribution in [1.29, 1.82) is 0 Å². The molecule has 0 spiro atoms. The van der Waals surface area contributed by atoms with E-state index in [4.69, 9.17) is 9.72 Å².